The molecule has 28 heavy (non-hydrogen) atoms. The van der Waals surface area contributed by atoms with Gasteiger partial charge in [0.05, 0.1) is 36.2 Å². The van der Waals surface area contributed by atoms with E-state index < -0.39 is 23.3 Å². The number of benzene rings is 1. The number of aromatic nitrogens is 3. The van der Waals surface area contributed by atoms with Crippen LogP contribution in [0.15, 0.2) is 30.6 Å². The van der Waals surface area contributed by atoms with Crippen molar-refractivity contribution in [2.75, 3.05) is 6.61 Å². The highest BCUT2D eigenvalue weighted by Crippen LogP contribution is 2.36. The molecule has 0 aliphatic heterocycles. The van der Waals surface area contributed by atoms with Crippen LogP contribution in [0.1, 0.15) is 40.3 Å². The van der Waals surface area contributed by atoms with Gasteiger partial charge in [-0.1, -0.05) is 12.1 Å². The van der Waals surface area contributed by atoms with Crippen LogP contribution in [0.5, 0.6) is 0 Å². The number of esters is 1. The van der Waals surface area contributed by atoms with E-state index in [2.05, 4.69) is 10.1 Å². The first-order chi connectivity index (χ1) is 13.2. The molecule has 0 atom stereocenters. The molecular weight excluding hydrogens is 391 g/mol. The van der Waals surface area contributed by atoms with Crippen molar-refractivity contribution in [2.24, 2.45) is 0 Å². The molecule has 0 bridgehead atoms. The van der Waals surface area contributed by atoms with Crippen LogP contribution in [-0.2, 0) is 17.2 Å². The Bertz CT molecular complexity index is 1010. The third kappa shape index (κ3) is 4.09. The van der Waals surface area contributed by atoms with Gasteiger partial charge in [0.1, 0.15) is 10.8 Å². The number of hydrogen-bond acceptors (Lipinski definition) is 5. The van der Waals surface area contributed by atoms with Gasteiger partial charge in [-0.15, -0.1) is 11.3 Å². The van der Waals surface area contributed by atoms with E-state index in [9.17, 15) is 18.0 Å². The molecule has 3 rings (SSSR count). The third-order valence-electron chi connectivity index (χ3n) is 4.05. The number of halogens is 3. The molecule has 1 aromatic carbocycles. The highest BCUT2D eigenvalue weighted by molar-refractivity contribution is 7.15. The number of carbonyl (C=O) groups excluding carboxylic acids is 1. The second kappa shape index (κ2) is 7.75. The summed E-state index contributed by atoms with van der Waals surface area (Å²) in [4.78, 5) is 16.9. The lowest BCUT2D eigenvalue weighted by Gasteiger charge is -2.13. The Balaban J connectivity index is 1.88. The second-order valence-electron chi connectivity index (χ2n) is 6.22. The fraction of sp³-hybridized carbons (Fsp3) is 0.316. The molecule has 0 fully saturated rings. The van der Waals surface area contributed by atoms with Crippen LogP contribution in [-0.4, -0.2) is 27.3 Å². The van der Waals surface area contributed by atoms with E-state index in [1.54, 1.807) is 6.92 Å². The zero-order valence-electron chi connectivity index (χ0n) is 15.5. The number of hydrogen-bond donors (Lipinski definition) is 0. The predicted octanol–water partition coefficient (Wildman–Crippen LogP) is 4.79. The molecule has 3 aromatic rings. The SMILES string of the molecule is CCOC(=O)c1cnn(Cc2nc(-c3cccc(C(C)(F)F)c3F)sc2C)c1. The molecule has 0 radical (unpaired) electrons. The van der Waals surface area contributed by atoms with E-state index >= 15 is 0 Å². The first kappa shape index (κ1) is 20.1. The Labute approximate surface area is 163 Å². The minimum atomic E-state index is -3.28. The van der Waals surface area contributed by atoms with Crippen molar-refractivity contribution in [3.8, 4) is 10.6 Å². The van der Waals surface area contributed by atoms with Gasteiger partial charge in [-0.2, -0.15) is 5.10 Å². The fourth-order valence-corrected chi connectivity index (χ4v) is 3.59. The van der Waals surface area contributed by atoms with Crippen molar-refractivity contribution >= 4 is 17.3 Å². The fourth-order valence-electron chi connectivity index (χ4n) is 2.65. The molecule has 0 aliphatic carbocycles. The largest absolute Gasteiger partial charge is 0.462 e. The summed E-state index contributed by atoms with van der Waals surface area (Å²) < 4.78 is 48.2. The first-order valence-electron chi connectivity index (χ1n) is 8.53. The highest BCUT2D eigenvalue weighted by Gasteiger charge is 2.30. The molecule has 5 nitrogen and oxygen atoms in total. The second-order valence-corrected chi connectivity index (χ2v) is 7.43. The standard InChI is InChI=1S/C19H18F3N3O2S/c1-4-27-18(26)12-8-23-25(9-12)10-15-11(2)28-17(24-15)13-6-5-7-14(16(13)20)19(3,21)22/h5-9H,4,10H2,1-3H3. The lowest BCUT2D eigenvalue weighted by Crippen LogP contribution is -2.10. The smallest absolute Gasteiger partial charge is 0.341 e. The highest BCUT2D eigenvalue weighted by atomic mass is 32.1. The molecule has 0 amide bonds. The third-order valence-corrected chi connectivity index (χ3v) is 5.10. The molecule has 2 aromatic heterocycles. The van der Waals surface area contributed by atoms with Crippen molar-refractivity contribution in [3.63, 3.8) is 0 Å². The predicted molar refractivity (Wildman–Crippen MR) is 99.1 cm³/mol. The number of alkyl halides is 2. The zero-order chi connectivity index (χ0) is 20.5. The van der Waals surface area contributed by atoms with E-state index in [-0.39, 0.29) is 18.7 Å². The minimum absolute atomic E-state index is 0.0334. The summed E-state index contributed by atoms with van der Waals surface area (Å²) in [6.45, 7) is 4.70. The lowest BCUT2D eigenvalue weighted by atomic mass is 10.1. The number of nitrogens with zero attached hydrogens (tertiary/aromatic N) is 3. The van der Waals surface area contributed by atoms with Gasteiger partial charge in [-0.25, -0.2) is 22.9 Å². The van der Waals surface area contributed by atoms with Crippen LogP contribution in [0.2, 0.25) is 0 Å². The van der Waals surface area contributed by atoms with Crippen molar-refractivity contribution in [1.82, 2.24) is 14.8 Å². The Morgan fingerprint density at radius 2 is 2.11 bits per heavy atom. The molecule has 0 aliphatic rings. The van der Waals surface area contributed by atoms with Crippen molar-refractivity contribution in [2.45, 2.75) is 33.2 Å². The zero-order valence-corrected chi connectivity index (χ0v) is 16.3. The van der Waals surface area contributed by atoms with Gasteiger partial charge in [-0.3, -0.25) is 4.68 Å². The maximum Gasteiger partial charge on any atom is 0.341 e. The van der Waals surface area contributed by atoms with Crippen LogP contribution in [0.4, 0.5) is 13.2 Å². The van der Waals surface area contributed by atoms with E-state index in [4.69, 9.17) is 4.74 Å². The summed E-state index contributed by atoms with van der Waals surface area (Å²) in [5.74, 6) is -4.73. The van der Waals surface area contributed by atoms with Gasteiger partial charge in [0, 0.05) is 23.6 Å². The molecule has 148 valence electrons. The maximum atomic E-state index is 14.6. The van der Waals surface area contributed by atoms with E-state index in [1.165, 1.54) is 40.5 Å². The molecule has 0 spiro atoms. The van der Waals surface area contributed by atoms with Crippen LogP contribution in [0.25, 0.3) is 10.6 Å². The van der Waals surface area contributed by atoms with Gasteiger partial charge >= 0.3 is 5.97 Å². The Morgan fingerprint density at radius 1 is 1.36 bits per heavy atom. The summed E-state index contributed by atoms with van der Waals surface area (Å²) in [6, 6.07) is 3.89. The van der Waals surface area contributed by atoms with Crippen LogP contribution >= 0.6 is 11.3 Å². The monoisotopic (exact) mass is 409 g/mol. The number of rotatable bonds is 6. The van der Waals surface area contributed by atoms with Gasteiger partial charge < -0.3 is 4.74 Å². The molecule has 0 saturated carbocycles. The number of ether oxygens (including phenoxy) is 1. The average molecular weight is 409 g/mol. The van der Waals surface area contributed by atoms with Gasteiger partial charge in [0.2, 0.25) is 0 Å². The van der Waals surface area contributed by atoms with Gasteiger partial charge in [0.15, 0.2) is 0 Å². The summed E-state index contributed by atoms with van der Waals surface area (Å²) in [5.41, 5.74) is 0.307. The van der Waals surface area contributed by atoms with Crippen molar-refractivity contribution in [1.29, 1.82) is 0 Å². The van der Waals surface area contributed by atoms with E-state index in [0.717, 1.165) is 10.9 Å². The van der Waals surface area contributed by atoms with Gasteiger partial charge in [-0.05, 0) is 19.9 Å². The Morgan fingerprint density at radius 3 is 2.79 bits per heavy atom. The molecular formula is C19H18F3N3O2S. The summed E-state index contributed by atoms with van der Waals surface area (Å²) in [6.07, 6.45) is 2.93. The van der Waals surface area contributed by atoms with Crippen LogP contribution in [0.3, 0.4) is 0 Å². The first-order valence-corrected chi connectivity index (χ1v) is 9.35. The molecule has 0 saturated heterocycles. The van der Waals surface area contributed by atoms with Crippen LogP contribution < -0.4 is 0 Å². The minimum Gasteiger partial charge on any atom is -0.462 e. The topological polar surface area (TPSA) is 57.0 Å². The maximum absolute atomic E-state index is 14.6. The normalized spacial score (nSPS) is 11.6. The summed E-state index contributed by atoms with van der Waals surface area (Å²) >= 11 is 1.21. The van der Waals surface area contributed by atoms with Gasteiger partial charge in [0.25, 0.3) is 5.92 Å². The molecule has 9 heteroatoms. The molecule has 0 unspecified atom stereocenters. The summed E-state index contributed by atoms with van der Waals surface area (Å²) in [5, 5.41) is 4.42. The summed E-state index contributed by atoms with van der Waals surface area (Å²) in [7, 11) is 0. The molecule has 2 heterocycles. The van der Waals surface area contributed by atoms with Crippen molar-refractivity contribution in [3.05, 3.63) is 58.1 Å². The quantitative estimate of drug-likeness (QED) is 0.549. The molecule has 0 N–H and O–H groups in total. The number of carbonyl (C=O) groups is 1. The van der Waals surface area contributed by atoms with E-state index in [1.807, 2.05) is 6.92 Å². The Hall–Kier alpha value is -2.68. The Kier molecular flexibility index (Phi) is 5.55. The van der Waals surface area contributed by atoms with Crippen molar-refractivity contribution < 1.29 is 22.7 Å². The van der Waals surface area contributed by atoms with Crippen LogP contribution in [0, 0.1) is 12.7 Å². The number of thiazole rings is 1. The number of aryl methyl sites for hydroxylation is 1. The average Bonchev–Trinajstić information content (AvgIpc) is 3.22. The van der Waals surface area contributed by atoms with E-state index in [0.29, 0.717) is 23.2 Å². The lowest BCUT2D eigenvalue weighted by molar-refractivity contribution is 0.0138.